The molecule has 1 aliphatic rings. The van der Waals surface area contributed by atoms with Crippen LogP contribution in [0.3, 0.4) is 0 Å². The molecular formula is C10H13NO4. The summed E-state index contributed by atoms with van der Waals surface area (Å²) in [5, 5.41) is 12.5. The Morgan fingerprint density at radius 1 is 1.73 bits per heavy atom. The van der Waals surface area contributed by atoms with Crippen LogP contribution in [0.1, 0.15) is 31.4 Å². The van der Waals surface area contributed by atoms with Crippen molar-refractivity contribution < 1.29 is 19.2 Å². The van der Waals surface area contributed by atoms with E-state index >= 15 is 0 Å². The van der Waals surface area contributed by atoms with Gasteiger partial charge in [0.05, 0.1) is 13.5 Å². The van der Waals surface area contributed by atoms with Gasteiger partial charge in [0.1, 0.15) is 5.76 Å². The fraction of sp³-hybridized carbons (Fsp3) is 0.600. The molecule has 1 heterocycles. The van der Waals surface area contributed by atoms with Crippen LogP contribution in [0.15, 0.2) is 10.6 Å². The third-order valence-electron chi connectivity index (χ3n) is 3.02. The molecule has 0 spiro atoms. The minimum Gasteiger partial charge on any atom is -0.481 e. The molecule has 0 saturated heterocycles. The Morgan fingerprint density at radius 3 is 2.87 bits per heavy atom. The van der Waals surface area contributed by atoms with Crippen molar-refractivity contribution >= 4 is 5.97 Å². The molecule has 1 N–H and O–H groups in total. The molecule has 2 rings (SSSR count). The summed E-state index contributed by atoms with van der Waals surface area (Å²) in [4.78, 5) is 10.8. The fourth-order valence-corrected chi connectivity index (χ4v) is 2.01. The van der Waals surface area contributed by atoms with Crippen LogP contribution >= 0.6 is 0 Å². The first-order valence-corrected chi connectivity index (χ1v) is 4.89. The molecule has 1 aliphatic carbocycles. The number of carboxylic acids is 1. The Hall–Kier alpha value is -1.52. The second-order valence-electron chi connectivity index (χ2n) is 3.94. The van der Waals surface area contributed by atoms with E-state index in [0.29, 0.717) is 11.6 Å². The van der Waals surface area contributed by atoms with Gasteiger partial charge in [0.25, 0.3) is 5.88 Å². The quantitative estimate of drug-likeness (QED) is 0.818. The smallest absolute Gasteiger partial charge is 0.304 e. The second kappa shape index (κ2) is 3.56. The summed E-state index contributed by atoms with van der Waals surface area (Å²) < 4.78 is 10.0. The molecule has 5 nitrogen and oxygen atoms in total. The lowest BCUT2D eigenvalue weighted by atomic mass is 9.65. The highest BCUT2D eigenvalue weighted by molar-refractivity contribution is 5.69. The molecule has 0 aliphatic heterocycles. The lowest BCUT2D eigenvalue weighted by molar-refractivity contribution is -0.139. The zero-order valence-electron chi connectivity index (χ0n) is 8.52. The predicted molar refractivity (Wildman–Crippen MR) is 50.8 cm³/mol. The molecule has 82 valence electrons. The summed E-state index contributed by atoms with van der Waals surface area (Å²) >= 11 is 0. The number of hydrogen-bond donors (Lipinski definition) is 1. The summed E-state index contributed by atoms with van der Waals surface area (Å²) in [5.74, 6) is 0.236. The largest absolute Gasteiger partial charge is 0.481 e. The van der Waals surface area contributed by atoms with Crippen molar-refractivity contribution in [2.24, 2.45) is 0 Å². The number of methoxy groups -OCH3 is 1. The van der Waals surface area contributed by atoms with Gasteiger partial charge in [0.15, 0.2) is 0 Å². The number of rotatable bonds is 4. The maximum atomic E-state index is 10.8. The van der Waals surface area contributed by atoms with Crippen LogP contribution < -0.4 is 4.74 Å². The first-order valence-electron chi connectivity index (χ1n) is 4.89. The summed E-state index contributed by atoms with van der Waals surface area (Å²) in [7, 11) is 1.51. The van der Waals surface area contributed by atoms with Crippen LogP contribution in [0.5, 0.6) is 5.88 Å². The normalized spacial score (nSPS) is 18.2. The van der Waals surface area contributed by atoms with Gasteiger partial charge in [0.2, 0.25) is 0 Å². The summed E-state index contributed by atoms with van der Waals surface area (Å²) in [5.41, 5.74) is -0.352. The lowest BCUT2D eigenvalue weighted by Gasteiger charge is -2.37. The Balaban J connectivity index is 2.21. The third-order valence-corrected chi connectivity index (χ3v) is 3.02. The summed E-state index contributed by atoms with van der Waals surface area (Å²) in [6.45, 7) is 0. The molecule has 0 amide bonds. The SMILES string of the molecule is COc1cc(C2(CC(=O)O)CCC2)on1. The molecule has 1 fully saturated rings. The van der Waals surface area contributed by atoms with Crippen molar-refractivity contribution in [1.29, 1.82) is 0 Å². The maximum Gasteiger partial charge on any atom is 0.304 e. The van der Waals surface area contributed by atoms with Crippen LogP contribution in [0.4, 0.5) is 0 Å². The number of nitrogens with zero attached hydrogens (tertiary/aromatic N) is 1. The molecule has 1 aromatic rings. The first kappa shape index (κ1) is 10.0. The van der Waals surface area contributed by atoms with Gasteiger partial charge in [0, 0.05) is 11.5 Å². The van der Waals surface area contributed by atoms with Crippen LogP contribution in [-0.4, -0.2) is 23.3 Å². The van der Waals surface area contributed by atoms with E-state index in [-0.39, 0.29) is 11.8 Å². The van der Waals surface area contributed by atoms with E-state index in [9.17, 15) is 4.79 Å². The minimum absolute atomic E-state index is 0.103. The lowest BCUT2D eigenvalue weighted by Crippen LogP contribution is -2.36. The molecular weight excluding hydrogens is 198 g/mol. The van der Waals surface area contributed by atoms with Crippen LogP contribution in [0, 0.1) is 0 Å². The zero-order valence-corrected chi connectivity index (χ0v) is 8.52. The summed E-state index contributed by atoms with van der Waals surface area (Å²) in [6, 6.07) is 1.68. The highest BCUT2D eigenvalue weighted by atomic mass is 16.5. The molecule has 15 heavy (non-hydrogen) atoms. The number of ether oxygens (including phenoxy) is 1. The first-order chi connectivity index (χ1) is 7.16. The second-order valence-corrected chi connectivity index (χ2v) is 3.94. The van der Waals surface area contributed by atoms with Crippen LogP contribution in [0.25, 0.3) is 0 Å². The van der Waals surface area contributed by atoms with E-state index in [2.05, 4.69) is 5.16 Å². The maximum absolute atomic E-state index is 10.8. The van der Waals surface area contributed by atoms with E-state index in [0.717, 1.165) is 19.3 Å². The van der Waals surface area contributed by atoms with Crippen molar-refractivity contribution in [3.8, 4) is 5.88 Å². The number of aromatic nitrogens is 1. The van der Waals surface area contributed by atoms with Gasteiger partial charge in [-0.15, -0.1) is 0 Å². The van der Waals surface area contributed by atoms with Crippen molar-refractivity contribution in [3.05, 3.63) is 11.8 Å². The molecule has 1 saturated carbocycles. The van der Waals surface area contributed by atoms with Gasteiger partial charge in [-0.05, 0) is 18.0 Å². The van der Waals surface area contributed by atoms with Crippen LogP contribution in [0.2, 0.25) is 0 Å². The van der Waals surface area contributed by atoms with Gasteiger partial charge >= 0.3 is 5.97 Å². The highest BCUT2D eigenvalue weighted by Gasteiger charge is 2.44. The van der Waals surface area contributed by atoms with Gasteiger partial charge in [-0.3, -0.25) is 4.79 Å². The summed E-state index contributed by atoms with van der Waals surface area (Å²) in [6.07, 6.45) is 2.83. The topological polar surface area (TPSA) is 72.6 Å². The number of carbonyl (C=O) groups is 1. The fourth-order valence-electron chi connectivity index (χ4n) is 2.01. The van der Waals surface area contributed by atoms with Crippen molar-refractivity contribution in [2.75, 3.05) is 7.11 Å². The molecule has 5 heteroatoms. The van der Waals surface area contributed by atoms with Crippen molar-refractivity contribution in [3.63, 3.8) is 0 Å². The monoisotopic (exact) mass is 211 g/mol. The standard InChI is InChI=1S/C10H13NO4/c1-14-8-5-7(15-11-8)10(3-2-4-10)6-9(12)13/h5H,2-4,6H2,1H3,(H,12,13). The van der Waals surface area contributed by atoms with E-state index in [1.807, 2.05) is 0 Å². The highest BCUT2D eigenvalue weighted by Crippen LogP contribution is 2.47. The molecule has 0 radical (unpaired) electrons. The third kappa shape index (κ3) is 1.69. The zero-order chi connectivity index (χ0) is 10.9. The van der Waals surface area contributed by atoms with E-state index in [4.69, 9.17) is 14.4 Å². The minimum atomic E-state index is -0.801. The Kier molecular flexibility index (Phi) is 2.38. The number of carboxylic acid groups (broad SMARTS) is 1. The predicted octanol–water partition coefficient (Wildman–Crippen LogP) is 1.58. The van der Waals surface area contributed by atoms with E-state index in [1.165, 1.54) is 7.11 Å². The van der Waals surface area contributed by atoms with Crippen LogP contribution in [-0.2, 0) is 10.2 Å². The van der Waals surface area contributed by atoms with Gasteiger partial charge in [-0.25, -0.2) is 0 Å². The van der Waals surface area contributed by atoms with Crippen molar-refractivity contribution in [1.82, 2.24) is 5.16 Å². The molecule has 1 aromatic heterocycles. The molecule has 0 aromatic carbocycles. The average molecular weight is 211 g/mol. The molecule has 0 atom stereocenters. The Morgan fingerprint density at radius 2 is 2.47 bits per heavy atom. The van der Waals surface area contributed by atoms with E-state index in [1.54, 1.807) is 6.07 Å². The Bertz CT molecular complexity index is 367. The van der Waals surface area contributed by atoms with Gasteiger partial charge < -0.3 is 14.4 Å². The average Bonchev–Trinajstić information content (AvgIpc) is 2.59. The van der Waals surface area contributed by atoms with Gasteiger partial charge in [-0.2, -0.15) is 0 Å². The van der Waals surface area contributed by atoms with Gasteiger partial charge in [-0.1, -0.05) is 6.42 Å². The molecule has 0 unspecified atom stereocenters. The van der Waals surface area contributed by atoms with Crippen molar-refractivity contribution in [2.45, 2.75) is 31.1 Å². The number of aliphatic carboxylic acids is 1. The molecule has 0 bridgehead atoms. The van der Waals surface area contributed by atoms with E-state index < -0.39 is 5.97 Å². The number of hydrogen-bond acceptors (Lipinski definition) is 4. The Labute approximate surface area is 87.0 Å².